The van der Waals surface area contributed by atoms with Gasteiger partial charge in [0.1, 0.15) is 12.3 Å². The molecule has 2 aromatic carbocycles. The molecule has 9 nitrogen and oxygen atoms in total. The van der Waals surface area contributed by atoms with Crippen LogP contribution in [-0.4, -0.2) is 64.5 Å². The Morgan fingerprint density at radius 3 is 2.56 bits per heavy atom. The first-order chi connectivity index (χ1) is 16.2. The van der Waals surface area contributed by atoms with Crippen LogP contribution in [0, 0.1) is 0 Å². The van der Waals surface area contributed by atoms with E-state index in [0.29, 0.717) is 43.3 Å². The Morgan fingerprint density at radius 2 is 1.85 bits per heavy atom. The van der Waals surface area contributed by atoms with E-state index >= 15 is 0 Å². The maximum atomic E-state index is 13.2. The number of hydrogen-bond donors (Lipinski definition) is 1. The fourth-order valence-corrected chi connectivity index (χ4v) is 5.74. The number of hydrogen-bond acceptors (Lipinski definition) is 6. The zero-order chi connectivity index (χ0) is 24.5. The van der Waals surface area contributed by atoms with Gasteiger partial charge in [0.2, 0.25) is 21.8 Å². The lowest BCUT2D eigenvalue weighted by Gasteiger charge is -2.26. The molecule has 0 bridgehead atoms. The van der Waals surface area contributed by atoms with Gasteiger partial charge < -0.3 is 19.7 Å². The van der Waals surface area contributed by atoms with Crippen LogP contribution in [0.2, 0.25) is 0 Å². The molecule has 2 aromatic rings. The van der Waals surface area contributed by atoms with Gasteiger partial charge >= 0.3 is 0 Å². The number of fused-ring (bicyclic) bond motifs is 1. The van der Waals surface area contributed by atoms with Gasteiger partial charge in [0.25, 0.3) is 0 Å². The third-order valence-electron chi connectivity index (χ3n) is 6.29. The number of nitrogens with one attached hydrogen (secondary N) is 1. The molecule has 2 amide bonds. The summed E-state index contributed by atoms with van der Waals surface area (Å²) in [5, 5.41) is 2.83. The van der Waals surface area contributed by atoms with E-state index in [1.807, 2.05) is 24.3 Å². The van der Waals surface area contributed by atoms with Crippen molar-refractivity contribution in [2.75, 3.05) is 44.9 Å². The monoisotopic (exact) mass is 487 g/mol. The lowest BCUT2D eigenvalue weighted by atomic mass is 9.86. The highest BCUT2D eigenvalue weighted by Crippen LogP contribution is 2.42. The average molecular weight is 488 g/mol. The van der Waals surface area contributed by atoms with E-state index in [1.165, 1.54) is 15.3 Å². The molecule has 0 atom stereocenters. The Morgan fingerprint density at radius 1 is 1.15 bits per heavy atom. The molecule has 2 aliphatic rings. The Hall–Kier alpha value is -2.95. The minimum Gasteiger partial charge on any atom is -0.496 e. The van der Waals surface area contributed by atoms with Crippen LogP contribution in [0.1, 0.15) is 25.0 Å². The van der Waals surface area contributed by atoms with Gasteiger partial charge in [0.05, 0.1) is 30.6 Å². The molecule has 0 saturated carbocycles. The first-order valence-electron chi connectivity index (χ1n) is 11.1. The zero-order valence-corrected chi connectivity index (χ0v) is 20.4. The van der Waals surface area contributed by atoms with Crippen LogP contribution in [-0.2, 0) is 36.3 Å². The van der Waals surface area contributed by atoms with Crippen LogP contribution in [0.3, 0.4) is 0 Å². The Labute approximate surface area is 199 Å². The highest BCUT2D eigenvalue weighted by atomic mass is 32.2. The number of morpholine rings is 1. The fourth-order valence-electron chi connectivity index (χ4n) is 4.31. The number of methoxy groups -OCH3 is 1. The van der Waals surface area contributed by atoms with E-state index in [2.05, 4.69) is 5.32 Å². The van der Waals surface area contributed by atoms with Gasteiger partial charge in [-0.1, -0.05) is 18.2 Å². The second kappa shape index (κ2) is 9.36. The van der Waals surface area contributed by atoms with E-state index in [9.17, 15) is 18.0 Å². The topological polar surface area (TPSA) is 105 Å². The molecule has 1 fully saturated rings. The second-order valence-electron chi connectivity index (χ2n) is 8.80. The third-order valence-corrected chi connectivity index (χ3v) is 8.18. The number of carbonyl (C=O) groups excluding carboxylic acids is 2. The number of carbonyl (C=O) groups is 2. The highest BCUT2D eigenvalue weighted by Gasteiger charge is 2.45. The molecule has 2 heterocycles. The predicted octanol–water partition coefficient (Wildman–Crippen LogP) is 1.66. The molecule has 182 valence electrons. The van der Waals surface area contributed by atoms with Crippen LogP contribution in [0.4, 0.5) is 5.69 Å². The zero-order valence-electron chi connectivity index (χ0n) is 19.5. The molecule has 0 spiro atoms. The number of nitrogens with zero attached hydrogens (tertiary/aromatic N) is 2. The van der Waals surface area contributed by atoms with Gasteiger partial charge in [-0.3, -0.25) is 9.59 Å². The normalized spacial score (nSPS) is 18.0. The summed E-state index contributed by atoms with van der Waals surface area (Å²) in [7, 11) is -2.14. The average Bonchev–Trinajstić information content (AvgIpc) is 3.03. The fraction of sp³-hybridized carbons (Fsp3) is 0.417. The minimum atomic E-state index is -3.71. The van der Waals surface area contributed by atoms with Crippen LogP contribution in [0.15, 0.2) is 47.4 Å². The lowest BCUT2D eigenvalue weighted by molar-refractivity contribution is -0.125. The number of sulfonamides is 1. The highest BCUT2D eigenvalue weighted by molar-refractivity contribution is 7.89. The summed E-state index contributed by atoms with van der Waals surface area (Å²) in [6, 6.07) is 12.0. The standard InChI is InChI=1S/C24H29N3O6S/c1-24(2)19-14-18(34(30,31)26-10-12-33-13-11-26)8-9-20(19)27(23(24)29)16-22(28)25-15-17-6-4-5-7-21(17)32-3/h4-9,14H,10-13,15-16H2,1-3H3,(H,25,28). The molecule has 34 heavy (non-hydrogen) atoms. The van der Waals surface area contributed by atoms with Crippen molar-refractivity contribution in [2.24, 2.45) is 0 Å². The number of para-hydroxylation sites is 1. The van der Waals surface area contributed by atoms with Crippen molar-refractivity contribution in [3.8, 4) is 5.75 Å². The van der Waals surface area contributed by atoms with Crippen molar-refractivity contribution in [1.29, 1.82) is 0 Å². The molecule has 4 rings (SSSR count). The van der Waals surface area contributed by atoms with E-state index in [-0.39, 0.29) is 29.8 Å². The van der Waals surface area contributed by atoms with Crippen molar-refractivity contribution in [1.82, 2.24) is 9.62 Å². The molecule has 0 unspecified atom stereocenters. The molecule has 1 N–H and O–H groups in total. The minimum absolute atomic E-state index is 0.136. The number of rotatable bonds is 7. The summed E-state index contributed by atoms with van der Waals surface area (Å²) < 4.78 is 38.2. The Bertz CT molecular complexity index is 1200. The van der Waals surface area contributed by atoms with Gasteiger partial charge in [-0.2, -0.15) is 4.31 Å². The molecule has 0 aliphatic carbocycles. The lowest BCUT2D eigenvalue weighted by Crippen LogP contribution is -2.42. The summed E-state index contributed by atoms with van der Waals surface area (Å²) in [6.45, 7) is 4.87. The predicted molar refractivity (Wildman–Crippen MR) is 126 cm³/mol. The van der Waals surface area contributed by atoms with Crippen LogP contribution in [0.5, 0.6) is 5.75 Å². The molecule has 2 aliphatic heterocycles. The molecule has 0 aromatic heterocycles. The van der Waals surface area contributed by atoms with E-state index in [4.69, 9.17) is 9.47 Å². The van der Waals surface area contributed by atoms with Crippen LogP contribution >= 0.6 is 0 Å². The van der Waals surface area contributed by atoms with E-state index < -0.39 is 15.4 Å². The molecule has 1 saturated heterocycles. The second-order valence-corrected chi connectivity index (χ2v) is 10.7. The van der Waals surface area contributed by atoms with Crippen molar-refractivity contribution in [2.45, 2.75) is 30.7 Å². The molecule has 0 radical (unpaired) electrons. The van der Waals surface area contributed by atoms with Gasteiger partial charge in [0.15, 0.2) is 0 Å². The summed E-state index contributed by atoms with van der Waals surface area (Å²) in [4.78, 5) is 27.5. The quantitative estimate of drug-likeness (QED) is 0.637. The van der Waals surface area contributed by atoms with Gasteiger partial charge in [-0.05, 0) is 43.7 Å². The summed E-state index contributed by atoms with van der Waals surface area (Å²) in [5.74, 6) is 0.0873. The van der Waals surface area contributed by atoms with Gasteiger partial charge in [-0.15, -0.1) is 0 Å². The summed E-state index contributed by atoms with van der Waals surface area (Å²) in [6.07, 6.45) is 0. The van der Waals surface area contributed by atoms with E-state index in [0.717, 1.165) is 5.56 Å². The largest absolute Gasteiger partial charge is 0.496 e. The SMILES string of the molecule is COc1ccccc1CNC(=O)CN1C(=O)C(C)(C)c2cc(S(=O)(=O)N3CCOCC3)ccc21. The van der Waals surface area contributed by atoms with E-state index in [1.54, 1.807) is 33.1 Å². The Balaban J connectivity index is 1.54. The molecular weight excluding hydrogens is 458 g/mol. The summed E-state index contributed by atoms with van der Waals surface area (Å²) in [5.41, 5.74) is 0.993. The number of amides is 2. The van der Waals surface area contributed by atoms with Crippen molar-refractivity contribution >= 4 is 27.5 Å². The van der Waals surface area contributed by atoms with Crippen molar-refractivity contribution < 1.29 is 27.5 Å². The maximum Gasteiger partial charge on any atom is 0.243 e. The third kappa shape index (κ3) is 4.40. The molecular formula is C24H29N3O6S. The van der Waals surface area contributed by atoms with Crippen LogP contribution < -0.4 is 15.0 Å². The first-order valence-corrected chi connectivity index (χ1v) is 12.5. The first kappa shape index (κ1) is 24.2. The Kier molecular flexibility index (Phi) is 6.66. The maximum absolute atomic E-state index is 13.2. The van der Waals surface area contributed by atoms with Gasteiger partial charge in [-0.25, -0.2) is 8.42 Å². The van der Waals surface area contributed by atoms with Crippen molar-refractivity contribution in [3.63, 3.8) is 0 Å². The van der Waals surface area contributed by atoms with Gasteiger partial charge in [0, 0.05) is 30.9 Å². The van der Waals surface area contributed by atoms with Crippen molar-refractivity contribution in [3.05, 3.63) is 53.6 Å². The summed E-state index contributed by atoms with van der Waals surface area (Å²) >= 11 is 0. The van der Waals surface area contributed by atoms with Crippen LogP contribution in [0.25, 0.3) is 0 Å². The smallest absolute Gasteiger partial charge is 0.243 e. The number of anilines is 1. The molecule has 10 heteroatoms. The number of benzene rings is 2. The number of ether oxygens (including phenoxy) is 2.